The second-order valence-electron chi connectivity index (χ2n) is 8.59. The van der Waals surface area contributed by atoms with E-state index in [0.717, 1.165) is 60.3 Å². The Morgan fingerprint density at radius 3 is 2.29 bits per heavy atom. The monoisotopic (exact) mass is 473 g/mol. The van der Waals surface area contributed by atoms with E-state index >= 15 is 0 Å². The third-order valence-electron chi connectivity index (χ3n) is 6.57. The van der Waals surface area contributed by atoms with Gasteiger partial charge in [0.25, 0.3) is 0 Å². The van der Waals surface area contributed by atoms with Crippen LogP contribution in [0.25, 0.3) is 5.69 Å². The number of aromatic nitrogens is 1. The van der Waals surface area contributed by atoms with Crippen LogP contribution in [-0.2, 0) is 4.79 Å². The molecule has 1 aliphatic heterocycles. The Labute approximate surface area is 206 Å². The molecule has 4 rings (SSSR count). The molecule has 0 spiro atoms. The molecule has 1 aromatic heterocycles. The molecule has 0 atom stereocenters. The lowest BCUT2D eigenvalue weighted by Crippen LogP contribution is -2.48. The predicted octanol–water partition coefficient (Wildman–Crippen LogP) is 3.74. The molecule has 0 radical (unpaired) electrons. The van der Waals surface area contributed by atoms with Crippen LogP contribution < -0.4 is 19.7 Å². The number of nitrogens with zero attached hydrogens (tertiary/aromatic N) is 4. The van der Waals surface area contributed by atoms with Crippen LogP contribution in [0.4, 0.5) is 11.5 Å². The summed E-state index contributed by atoms with van der Waals surface area (Å²) in [7, 11) is 3.29. The number of anilines is 2. The number of hydrogen-bond donors (Lipinski definition) is 1. The molecule has 2 heterocycles. The van der Waals surface area contributed by atoms with E-state index in [-0.39, 0.29) is 12.5 Å². The van der Waals surface area contributed by atoms with Gasteiger partial charge in [-0.25, -0.2) is 0 Å². The molecule has 8 nitrogen and oxygen atoms in total. The first kappa shape index (κ1) is 24.2. The number of methoxy groups -OCH3 is 2. The van der Waals surface area contributed by atoms with Gasteiger partial charge in [0.1, 0.15) is 23.4 Å². The standard InChI is InChI=1S/C27H31N5O3/c1-19-20(2)32(21-8-10-23(34-3)11-9-21)27(25(19)17-28)29-26(33)18-30-12-14-31(15-13-30)22-6-5-7-24(16-22)35-4/h5-11,16H,12-15,18H2,1-4H3,(H,29,33). The zero-order valence-corrected chi connectivity index (χ0v) is 20.7. The summed E-state index contributed by atoms with van der Waals surface area (Å²) in [5.41, 5.74) is 4.22. The van der Waals surface area contributed by atoms with Crippen molar-refractivity contribution in [2.24, 2.45) is 0 Å². The molecule has 182 valence electrons. The molecule has 1 amide bonds. The van der Waals surface area contributed by atoms with Crippen LogP contribution in [0.5, 0.6) is 11.5 Å². The predicted molar refractivity (Wildman–Crippen MR) is 137 cm³/mol. The number of ether oxygens (including phenoxy) is 2. The molecule has 0 bridgehead atoms. The van der Waals surface area contributed by atoms with Gasteiger partial charge in [-0.05, 0) is 55.8 Å². The highest BCUT2D eigenvalue weighted by molar-refractivity contribution is 5.93. The van der Waals surface area contributed by atoms with Gasteiger partial charge in [0, 0.05) is 49.3 Å². The van der Waals surface area contributed by atoms with Gasteiger partial charge in [-0.2, -0.15) is 5.26 Å². The molecular formula is C27H31N5O3. The van der Waals surface area contributed by atoms with Gasteiger partial charge in [-0.3, -0.25) is 14.3 Å². The smallest absolute Gasteiger partial charge is 0.239 e. The molecule has 0 aliphatic carbocycles. The normalized spacial score (nSPS) is 13.9. The van der Waals surface area contributed by atoms with Crippen LogP contribution in [-0.4, -0.2) is 62.3 Å². The van der Waals surface area contributed by atoms with Crippen molar-refractivity contribution in [3.8, 4) is 23.3 Å². The lowest BCUT2D eigenvalue weighted by Gasteiger charge is -2.35. The third kappa shape index (κ3) is 5.10. The van der Waals surface area contributed by atoms with Crippen molar-refractivity contribution >= 4 is 17.4 Å². The quantitative estimate of drug-likeness (QED) is 0.563. The van der Waals surface area contributed by atoms with Gasteiger partial charge in [0.05, 0.1) is 26.3 Å². The van der Waals surface area contributed by atoms with Crippen LogP contribution >= 0.6 is 0 Å². The third-order valence-corrected chi connectivity index (χ3v) is 6.57. The summed E-state index contributed by atoms with van der Waals surface area (Å²) in [5.74, 6) is 1.95. The number of nitrogens with one attached hydrogen (secondary N) is 1. The maximum Gasteiger partial charge on any atom is 0.239 e. The van der Waals surface area contributed by atoms with Gasteiger partial charge in [0.15, 0.2) is 0 Å². The molecule has 0 saturated carbocycles. The Morgan fingerprint density at radius 2 is 1.66 bits per heavy atom. The van der Waals surface area contributed by atoms with E-state index < -0.39 is 0 Å². The van der Waals surface area contributed by atoms with Crippen LogP contribution in [0.1, 0.15) is 16.8 Å². The van der Waals surface area contributed by atoms with Crippen molar-refractivity contribution in [3.05, 3.63) is 65.4 Å². The van der Waals surface area contributed by atoms with E-state index in [1.807, 2.05) is 60.9 Å². The summed E-state index contributed by atoms with van der Waals surface area (Å²) in [6, 6.07) is 17.9. The highest BCUT2D eigenvalue weighted by Gasteiger charge is 2.23. The van der Waals surface area contributed by atoms with Crippen molar-refractivity contribution < 1.29 is 14.3 Å². The lowest BCUT2D eigenvalue weighted by atomic mass is 10.2. The first-order chi connectivity index (χ1) is 16.9. The number of hydrogen-bond acceptors (Lipinski definition) is 6. The van der Waals surface area contributed by atoms with Gasteiger partial charge < -0.3 is 19.7 Å². The van der Waals surface area contributed by atoms with Crippen molar-refractivity contribution in [2.45, 2.75) is 13.8 Å². The molecule has 1 aliphatic rings. The lowest BCUT2D eigenvalue weighted by molar-refractivity contribution is -0.117. The summed E-state index contributed by atoms with van der Waals surface area (Å²) in [4.78, 5) is 17.5. The summed E-state index contributed by atoms with van der Waals surface area (Å²) in [6.07, 6.45) is 0. The Kier molecular flexibility index (Phi) is 7.28. The topological polar surface area (TPSA) is 82.8 Å². The fourth-order valence-corrected chi connectivity index (χ4v) is 4.46. The number of rotatable bonds is 7. The number of carbonyl (C=O) groups excluding carboxylic acids is 1. The maximum absolute atomic E-state index is 13.1. The number of nitriles is 1. The van der Waals surface area contributed by atoms with Gasteiger partial charge in [0.2, 0.25) is 5.91 Å². The van der Waals surface area contributed by atoms with E-state index in [9.17, 15) is 10.1 Å². The summed E-state index contributed by atoms with van der Waals surface area (Å²) in [6.45, 7) is 7.31. The first-order valence-electron chi connectivity index (χ1n) is 11.6. The molecule has 3 aromatic rings. The zero-order chi connectivity index (χ0) is 24.9. The highest BCUT2D eigenvalue weighted by atomic mass is 16.5. The fourth-order valence-electron chi connectivity index (χ4n) is 4.46. The fraction of sp³-hybridized carbons (Fsp3) is 0.333. The van der Waals surface area contributed by atoms with Crippen molar-refractivity contribution in [1.29, 1.82) is 5.26 Å². The zero-order valence-electron chi connectivity index (χ0n) is 20.7. The van der Waals surface area contributed by atoms with E-state index in [4.69, 9.17) is 9.47 Å². The summed E-state index contributed by atoms with van der Waals surface area (Å²) < 4.78 is 12.5. The van der Waals surface area contributed by atoms with Crippen molar-refractivity contribution in [1.82, 2.24) is 9.47 Å². The average Bonchev–Trinajstić information content (AvgIpc) is 3.12. The maximum atomic E-state index is 13.1. The molecule has 0 unspecified atom stereocenters. The van der Waals surface area contributed by atoms with E-state index in [0.29, 0.717) is 11.4 Å². The van der Waals surface area contributed by atoms with Gasteiger partial charge in [-0.15, -0.1) is 0 Å². The molecule has 8 heteroatoms. The number of piperazine rings is 1. The van der Waals surface area contributed by atoms with Crippen molar-refractivity contribution in [2.75, 3.05) is 57.2 Å². The second kappa shape index (κ2) is 10.5. The van der Waals surface area contributed by atoms with Crippen LogP contribution in [0.15, 0.2) is 48.5 Å². The van der Waals surface area contributed by atoms with Gasteiger partial charge >= 0.3 is 0 Å². The number of carbonyl (C=O) groups is 1. The van der Waals surface area contributed by atoms with Crippen LogP contribution in [0.3, 0.4) is 0 Å². The Bertz CT molecular complexity index is 1230. The molecule has 35 heavy (non-hydrogen) atoms. The molecule has 1 saturated heterocycles. The first-order valence-corrected chi connectivity index (χ1v) is 11.6. The highest BCUT2D eigenvalue weighted by Crippen LogP contribution is 2.31. The second-order valence-corrected chi connectivity index (χ2v) is 8.59. The largest absolute Gasteiger partial charge is 0.497 e. The van der Waals surface area contributed by atoms with E-state index in [1.54, 1.807) is 14.2 Å². The molecule has 1 fully saturated rings. The molecular weight excluding hydrogens is 442 g/mol. The summed E-state index contributed by atoms with van der Waals surface area (Å²) in [5, 5.41) is 12.8. The SMILES string of the molecule is COc1ccc(-n2c(C)c(C)c(C#N)c2NC(=O)CN2CCN(c3cccc(OC)c3)CC2)cc1. The van der Waals surface area contributed by atoms with Crippen molar-refractivity contribution in [3.63, 3.8) is 0 Å². The number of benzene rings is 2. The number of amides is 1. The summed E-state index contributed by atoms with van der Waals surface area (Å²) >= 11 is 0. The van der Waals surface area contributed by atoms with Crippen LogP contribution in [0, 0.1) is 25.2 Å². The average molecular weight is 474 g/mol. The minimum absolute atomic E-state index is 0.136. The Morgan fingerprint density at radius 1 is 0.971 bits per heavy atom. The van der Waals surface area contributed by atoms with E-state index in [1.165, 1.54) is 0 Å². The Hall–Kier alpha value is -3.96. The Balaban J connectivity index is 1.45. The minimum atomic E-state index is -0.136. The molecule has 2 aromatic carbocycles. The molecule has 1 N–H and O–H groups in total. The van der Waals surface area contributed by atoms with E-state index in [2.05, 4.69) is 27.3 Å². The van der Waals surface area contributed by atoms with Gasteiger partial charge in [-0.1, -0.05) is 6.07 Å². The van der Waals surface area contributed by atoms with Crippen LogP contribution in [0.2, 0.25) is 0 Å². The minimum Gasteiger partial charge on any atom is -0.497 e.